The Morgan fingerprint density at radius 3 is 2.85 bits per heavy atom. The molecule has 2 aromatic rings. The van der Waals surface area contributed by atoms with Gasteiger partial charge in [-0.3, -0.25) is 14.5 Å². The molecule has 1 fully saturated rings. The molecule has 3 aliphatic rings. The van der Waals surface area contributed by atoms with E-state index in [-0.39, 0.29) is 23.8 Å². The number of halogens is 2. The molecular formula is C25H24F2N2O3S. The number of benzene rings is 2. The molecule has 1 spiro atoms. The van der Waals surface area contributed by atoms with Gasteiger partial charge in [0.1, 0.15) is 22.3 Å². The Balaban J connectivity index is 1.46. The van der Waals surface area contributed by atoms with Crippen LogP contribution in [0.3, 0.4) is 0 Å². The molecule has 0 radical (unpaired) electrons. The van der Waals surface area contributed by atoms with Gasteiger partial charge in [0.15, 0.2) is 0 Å². The number of hydrogen-bond donors (Lipinski definition) is 0. The van der Waals surface area contributed by atoms with Gasteiger partial charge in [-0.25, -0.2) is 8.78 Å². The Kier molecular flexibility index (Phi) is 5.86. The highest BCUT2D eigenvalue weighted by Crippen LogP contribution is 2.58. The Labute approximate surface area is 195 Å². The summed E-state index contributed by atoms with van der Waals surface area (Å²) < 4.78 is 34.4. The quantitative estimate of drug-likeness (QED) is 0.625. The largest absolute Gasteiger partial charge is 0.493 e. The lowest BCUT2D eigenvalue weighted by molar-refractivity contribution is -0.133. The number of ether oxygens (including phenoxy) is 1. The molecule has 1 unspecified atom stereocenters. The molecule has 2 aromatic carbocycles. The summed E-state index contributed by atoms with van der Waals surface area (Å²) in [6.45, 7) is 1.69. The standard InChI is InChI=1S/C25H24F2N2O3S/c26-17-9-10-20(27)18(15-17)22-16-29(24(31)8-4-13-28-12-3-7-23(28)30)25(33-22)11-14-32-21-6-2-1-5-19(21)25/h1-2,5-6,9-10,15-16H,3-4,7-8,11-14H2. The number of fused-ring (bicyclic) bond motifs is 2. The van der Waals surface area contributed by atoms with Crippen LogP contribution in [0.2, 0.25) is 0 Å². The van der Waals surface area contributed by atoms with Crippen molar-refractivity contribution in [2.75, 3.05) is 19.7 Å². The number of hydrogen-bond acceptors (Lipinski definition) is 4. The molecule has 0 bridgehead atoms. The second-order valence-electron chi connectivity index (χ2n) is 8.45. The van der Waals surface area contributed by atoms with Crippen molar-refractivity contribution in [2.45, 2.75) is 37.0 Å². The second-order valence-corrected chi connectivity index (χ2v) is 9.77. The highest BCUT2D eigenvalue weighted by atomic mass is 32.2. The molecule has 0 aromatic heterocycles. The van der Waals surface area contributed by atoms with Gasteiger partial charge in [0.25, 0.3) is 0 Å². The monoisotopic (exact) mass is 470 g/mol. The first-order chi connectivity index (χ1) is 16.0. The average molecular weight is 471 g/mol. The minimum absolute atomic E-state index is 0.113. The van der Waals surface area contributed by atoms with Gasteiger partial charge in [0.2, 0.25) is 11.8 Å². The molecule has 33 heavy (non-hydrogen) atoms. The lowest BCUT2D eigenvalue weighted by Gasteiger charge is -2.41. The summed E-state index contributed by atoms with van der Waals surface area (Å²) in [7, 11) is 0. The first-order valence-corrected chi connectivity index (χ1v) is 12.0. The summed E-state index contributed by atoms with van der Waals surface area (Å²) >= 11 is 1.36. The Morgan fingerprint density at radius 2 is 2.03 bits per heavy atom. The molecule has 3 heterocycles. The van der Waals surface area contributed by atoms with Crippen molar-refractivity contribution in [1.82, 2.24) is 9.80 Å². The number of rotatable bonds is 5. The smallest absolute Gasteiger partial charge is 0.228 e. The van der Waals surface area contributed by atoms with Crippen LogP contribution in [0.5, 0.6) is 5.75 Å². The normalized spacial score (nSPS) is 21.9. The van der Waals surface area contributed by atoms with Crippen molar-refractivity contribution in [2.24, 2.45) is 0 Å². The topological polar surface area (TPSA) is 49.9 Å². The van der Waals surface area contributed by atoms with Crippen molar-refractivity contribution in [3.8, 4) is 5.75 Å². The van der Waals surface area contributed by atoms with Gasteiger partial charge in [-0.15, -0.1) is 0 Å². The van der Waals surface area contributed by atoms with Crippen LogP contribution < -0.4 is 4.74 Å². The number of para-hydroxylation sites is 1. The van der Waals surface area contributed by atoms with E-state index < -0.39 is 16.5 Å². The van der Waals surface area contributed by atoms with Crippen LogP contribution >= 0.6 is 11.8 Å². The van der Waals surface area contributed by atoms with Crippen LogP contribution in [0.1, 0.15) is 43.2 Å². The number of nitrogens with zero attached hydrogens (tertiary/aromatic N) is 2. The van der Waals surface area contributed by atoms with E-state index in [2.05, 4.69) is 0 Å². The van der Waals surface area contributed by atoms with Crippen LogP contribution in [-0.4, -0.2) is 41.3 Å². The van der Waals surface area contributed by atoms with Crippen molar-refractivity contribution in [3.63, 3.8) is 0 Å². The maximum Gasteiger partial charge on any atom is 0.228 e. The number of likely N-dealkylation sites (tertiary alicyclic amines) is 1. The maximum absolute atomic E-state index is 14.6. The molecule has 8 heteroatoms. The fraction of sp³-hybridized carbons (Fsp3) is 0.360. The average Bonchev–Trinajstić information content (AvgIpc) is 3.40. The number of carbonyl (C=O) groups is 2. The Bertz CT molecular complexity index is 1140. The molecular weight excluding hydrogens is 446 g/mol. The van der Waals surface area contributed by atoms with Crippen molar-refractivity contribution in [3.05, 3.63) is 71.4 Å². The Morgan fingerprint density at radius 1 is 1.18 bits per heavy atom. The van der Waals surface area contributed by atoms with E-state index in [9.17, 15) is 18.4 Å². The SMILES string of the molecule is O=C1CCCN1CCCC(=O)N1C=C(c2cc(F)ccc2F)SC12CCOc1ccccc12. The van der Waals surface area contributed by atoms with Crippen LogP contribution in [0, 0.1) is 11.6 Å². The van der Waals surface area contributed by atoms with Crippen LogP contribution in [0.25, 0.3) is 4.91 Å². The van der Waals surface area contributed by atoms with E-state index in [0.29, 0.717) is 43.1 Å². The maximum atomic E-state index is 14.6. The zero-order chi connectivity index (χ0) is 23.0. The highest BCUT2D eigenvalue weighted by molar-refractivity contribution is 8.09. The summed E-state index contributed by atoms with van der Waals surface area (Å²) in [6, 6.07) is 10.9. The zero-order valence-electron chi connectivity index (χ0n) is 18.1. The number of thioether (sulfide) groups is 1. The van der Waals surface area contributed by atoms with E-state index in [1.807, 2.05) is 24.3 Å². The van der Waals surface area contributed by atoms with E-state index >= 15 is 0 Å². The fourth-order valence-corrected chi connectivity index (χ4v) is 6.26. The summed E-state index contributed by atoms with van der Waals surface area (Å²) in [4.78, 5) is 28.5. The van der Waals surface area contributed by atoms with E-state index in [1.165, 1.54) is 17.8 Å². The first-order valence-electron chi connectivity index (χ1n) is 11.2. The predicted molar refractivity (Wildman–Crippen MR) is 122 cm³/mol. The van der Waals surface area contributed by atoms with Gasteiger partial charge in [0, 0.05) is 54.6 Å². The van der Waals surface area contributed by atoms with Crippen molar-refractivity contribution < 1.29 is 23.1 Å². The lowest BCUT2D eigenvalue weighted by Crippen LogP contribution is -2.44. The minimum Gasteiger partial charge on any atom is -0.493 e. The Hall–Kier alpha value is -2.87. The molecule has 2 amide bonds. The molecule has 1 atom stereocenters. The summed E-state index contributed by atoms with van der Waals surface area (Å²) in [6.07, 6.45) is 4.40. The lowest BCUT2D eigenvalue weighted by atomic mass is 9.97. The molecule has 0 aliphatic carbocycles. The molecule has 5 nitrogen and oxygen atoms in total. The molecule has 172 valence electrons. The first kappa shape index (κ1) is 21.9. The van der Waals surface area contributed by atoms with Gasteiger partial charge in [-0.2, -0.15) is 0 Å². The fourth-order valence-electron chi connectivity index (χ4n) is 4.75. The highest BCUT2D eigenvalue weighted by Gasteiger charge is 2.49. The predicted octanol–water partition coefficient (Wildman–Crippen LogP) is 4.88. The van der Waals surface area contributed by atoms with Crippen LogP contribution in [0.4, 0.5) is 8.78 Å². The van der Waals surface area contributed by atoms with Gasteiger partial charge in [-0.05, 0) is 37.1 Å². The third-order valence-corrected chi connectivity index (χ3v) is 7.88. The van der Waals surface area contributed by atoms with Gasteiger partial charge >= 0.3 is 0 Å². The molecule has 0 N–H and O–H groups in total. The van der Waals surface area contributed by atoms with Gasteiger partial charge in [-0.1, -0.05) is 30.0 Å². The molecule has 0 saturated carbocycles. The number of amides is 2. The van der Waals surface area contributed by atoms with Crippen molar-refractivity contribution in [1.29, 1.82) is 0 Å². The molecule has 3 aliphatic heterocycles. The molecule has 5 rings (SSSR count). The summed E-state index contributed by atoms with van der Waals surface area (Å²) in [5.41, 5.74) is 0.980. The zero-order valence-corrected chi connectivity index (χ0v) is 18.9. The van der Waals surface area contributed by atoms with Crippen molar-refractivity contribution >= 4 is 28.5 Å². The number of carbonyl (C=O) groups excluding carboxylic acids is 2. The molecule has 1 saturated heterocycles. The van der Waals surface area contributed by atoms with E-state index in [0.717, 1.165) is 30.7 Å². The third-order valence-electron chi connectivity index (χ3n) is 6.37. The minimum atomic E-state index is -0.788. The van der Waals surface area contributed by atoms with E-state index in [1.54, 1.807) is 16.0 Å². The third kappa shape index (κ3) is 4.01. The second kappa shape index (κ2) is 8.82. The van der Waals surface area contributed by atoms with Crippen LogP contribution in [-0.2, 0) is 14.5 Å². The summed E-state index contributed by atoms with van der Waals surface area (Å²) in [5, 5.41) is 0. The van der Waals surface area contributed by atoms with Crippen LogP contribution in [0.15, 0.2) is 48.7 Å². The summed E-state index contributed by atoms with van der Waals surface area (Å²) in [5.74, 6) is -0.358. The van der Waals surface area contributed by atoms with Gasteiger partial charge < -0.3 is 9.64 Å². The van der Waals surface area contributed by atoms with E-state index in [4.69, 9.17) is 4.74 Å². The van der Waals surface area contributed by atoms with Gasteiger partial charge in [0.05, 0.1) is 6.61 Å².